The maximum Gasteiger partial charge on any atom is 0.420 e. The van der Waals surface area contributed by atoms with E-state index in [-0.39, 0.29) is 17.5 Å². The molecule has 0 spiro atoms. The van der Waals surface area contributed by atoms with Crippen molar-refractivity contribution in [3.05, 3.63) is 53.6 Å². The van der Waals surface area contributed by atoms with Crippen LogP contribution >= 0.6 is 0 Å². The van der Waals surface area contributed by atoms with Gasteiger partial charge in [0.05, 0.1) is 11.1 Å². The number of rotatable bonds is 2. The van der Waals surface area contributed by atoms with Crippen LogP contribution in [-0.2, 0) is 12.4 Å². The Morgan fingerprint density at radius 2 is 1.50 bits per heavy atom. The Hall–Kier alpha value is -2.38. The predicted molar refractivity (Wildman–Crippen MR) is 67.4 cm³/mol. The molecule has 0 fully saturated rings. The summed E-state index contributed by atoms with van der Waals surface area (Å²) in [6.07, 6.45) is -9.87. The van der Waals surface area contributed by atoms with Crippen LogP contribution in [-0.4, -0.2) is 0 Å². The first-order valence-electron chi connectivity index (χ1n) is 5.89. The Kier molecular flexibility index (Phi) is 3.95. The van der Waals surface area contributed by atoms with E-state index in [9.17, 15) is 26.3 Å². The second-order valence-electron chi connectivity index (χ2n) is 4.38. The summed E-state index contributed by atoms with van der Waals surface area (Å²) in [5, 5.41) is 0. The Bertz CT molecular complexity index is 678. The van der Waals surface area contributed by atoms with Crippen LogP contribution in [0.15, 0.2) is 42.5 Å². The monoisotopic (exact) mass is 321 g/mol. The summed E-state index contributed by atoms with van der Waals surface area (Å²) in [4.78, 5) is 0. The second-order valence-corrected chi connectivity index (χ2v) is 4.38. The van der Waals surface area contributed by atoms with E-state index in [0.29, 0.717) is 12.1 Å². The van der Waals surface area contributed by atoms with Crippen molar-refractivity contribution in [2.24, 2.45) is 0 Å². The van der Waals surface area contributed by atoms with E-state index < -0.39 is 29.2 Å². The number of alkyl halides is 6. The van der Waals surface area contributed by atoms with Gasteiger partial charge in [0.25, 0.3) is 0 Å². The van der Waals surface area contributed by atoms with Crippen LogP contribution in [0.1, 0.15) is 11.1 Å². The molecule has 2 aromatic carbocycles. The van der Waals surface area contributed by atoms with Crippen molar-refractivity contribution in [2.75, 3.05) is 5.73 Å². The Balaban J connectivity index is 2.47. The van der Waals surface area contributed by atoms with Crippen LogP contribution < -0.4 is 10.5 Å². The van der Waals surface area contributed by atoms with Gasteiger partial charge in [0, 0.05) is 11.8 Å². The smallest absolute Gasteiger partial charge is 0.420 e. The third kappa shape index (κ3) is 3.63. The molecule has 0 atom stereocenters. The highest BCUT2D eigenvalue weighted by Crippen LogP contribution is 2.41. The number of hydrogen-bond donors (Lipinski definition) is 1. The fourth-order valence-electron chi connectivity index (χ4n) is 1.72. The number of anilines is 1. The summed E-state index contributed by atoms with van der Waals surface area (Å²) in [5.41, 5.74) is 2.80. The lowest BCUT2D eigenvalue weighted by Gasteiger charge is -2.16. The fraction of sp³-hybridized carbons (Fsp3) is 0.143. The van der Waals surface area contributed by atoms with Gasteiger partial charge < -0.3 is 10.5 Å². The van der Waals surface area contributed by atoms with E-state index in [1.165, 1.54) is 24.3 Å². The Labute approximate surface area is 121 Å². The third-order valence-corrected chi connectivity index (χ3v) is 2.70. The van der Waals surface area contributed by atoms with Gasteiger partial charge >= 0.3 is 12.4 Å². The van der Waals surface area contributed by atoms with Gasteiger partial charge in [0.15, 0.2) is 0 Å². The number of nitrogen functional groups attached to an aromatic ring is 1. The lowest BCUT2D eigenvalue weighted by atomic mass is 10.1. The van der Waals surface area contributed by atoms with Gasteiger partial charge in [-0.25, -0.2) is 0 Å². The van der Waals surface area contributed by atoms with Gasteiger partial charge in [-0.2, -0.15) is 26.3 Å². The minimum absolute atomic E-state index is 0.00902. The molecule has 22 heavy (non-hydrogen) atoms. The van der Waals surface area contributed by atoms with Gasteiger partial charge in [0.1, 0.15) is 11.5 Å². The van der Waals surface area contributed by atoms with Gasteiger partial charge in [-0.05, 0) is 30.3 Å². The quantitative estimate of drug-likeness (QED) is 0.617. The van der Waals surface area contributed by atoms with Gasteiger partial charge in [-0.15, -0.1) is 0 Å². The van der Waals surface area contributed by atoms with E-state index >= 15 is 0 Å². The highest BCUT2D eigenvalue weighted by molar-refractivity contribution is 5.47. The third-order valence-electron chi connectivity index (χ3n) is 2.70. The molecule has 0 saturated carbocycles. The molecule has 0 aliphatic carbocycles. The summed E-state index contributed by atoms with van der Waals surface area (Å²) in [5.74, 6) is -0.739. The molecular weight excluding hydrogens is 312 g/mol. The zero-order chi connectivity index (χ0) is 16.5. The van der Waals surface area contributed by atoms with Crippen molar-refractivity contribution in [1.82, 2.24) is 0 Å². The first-order valence-corrected chi connectivity index (χ1v) is 5.89. The molecular formula is C14H9F6NO. The maximum atomic E-state index is 12.9. The van der Waals surface area contributed by atoms with E-state index in [4.69, 9.17) is 10.5 Å². The summed E-state index contributed by atoms with van der Waals surface area (Å²) in [7, 11) is 0. The molecule has 2 N–H and O–H groups in total. The normalized spacial score (nSPS) is 12.3. The minimum atomic E-state index is -4.99. The molecule has 0 amide bonds. The van der Waals surface area contributed by atoms with Crippen molar-refractivity contribution in [2.45, 2.75) is 12.4 Å². The molecule has 2 rings (SSSR count). The molecule has 118 valence electrons. The van der Waals surface area contributed by atoms with Crippen molar-refractivity contribution >= 4 is 5.69 Å². The van der Waals surface area contributed by atoms with Gasteiger partial charge in [0.2, 0.25) is 0 Å². The Morgan fingerprint density at radius 1 is 0.818 bits per heavy atom. The molecule has 8 heteroatoms. The van der Waals surface area contributed by atoms with Crippen molar-refractivity contribution < 1.29 is 31.1 Å². The lowest BCUT2D eigenvalue weighted by Crippen LogP contribution is -2.11. The van der Waals surface area contributed by atoms with E-state index in [2.05, 4.69) is 0 Å². The number of hydrogen-bond acceptors (Lipinski definition) is 2. The highest BCUT2D eigenvalue weighted by Gasteiger charge is 2.39. The summed E-state index contributed by atoms with van der Waals surface area (Å²) < 4.78 is 81.4. The van der Waals surface area contributed by atoms with Crippen LogP contribution in [0.5, 0.6) is 11.5 Å². The second kappa shape index (κ2) is 5.43. The van der Waals surface area contributed by atoms with Crippen LogP contribution in [0.25, 0.3) is 0 Å². The average Bonchev–Trinajstić information content (AvgIpc) is 2.36. The largest absolute Gasteiger partial charge is 0.457 e. The maximum absolute atomic E-state index is 12.9. The van der Waals surface area contributed by atoms with Crippen molar-refractivity contribution in [3.8, 4) is 11.5 Å². The highest BCUT2D eigenvalue weighted by atomic mass is 19.4. The molecule has 0 saturated heterocycles. The van der Waals surface area contributed by atoms with Crippen LogP contribution in [0.2, 0.25) is 0 Å². The lowest BCUT2D eigenvalue weighted by molar-refractivity contribution is -0.143. The average molecular weight is 321 g/mol. The van der Waals surface area contributed by atoms with E-state index in [0.717, 1.165) is 0 Å². The van der Waals surface area contributed by atoms with Crippen LogP contribution in [0.4, 0.5) is 32.0 Å². The minimum Gasteiger partial charge on any atom is -0.457 e. The van der Waals surface area contributed by atoms with E-state index in [1.54, 1.807) is 0 Å². The van der Waals surface area contributed by atoms with Crippen LogP contribution in [0.3, 0.4) is 0 Å². The van der Waals surface area contributed by atoms with Crippen LogP contribution in [0, 0.1) is 0 Å². The predicted octanol–water partition coefficient (Wildman–Crippen LogP) is 5.10. The van der Waals surface area contributed by atoms with Crippen molar-refractivity contribution in [1.29, 1.82) is 0 Å². The summed E-state index contributed by atoms with van der Waals surface area (Å²) in [6, 6.07) is 6.71. The molecule has 2 nitrogen and oxygen atoms in total. The topological polar surface area (TPSA) is 35.2 Å². The molecule has 0 radical (unpaired) electrons. The molecule has 0 heterocycles. The first kappa shape index (κ1) is 16.0. The SMILES string of the molecule is Nc1cccc(Oc2ccc(C(F)(F)F)cc2C(F)(F)F)c1. The van der Waals surface area contributed by atoms with E-state index in [1.807, 2.05) is 0 Å². The van der Waals surface area contributed by atoms with Crippen molar-refractivity contribution in [3.63, 3.8) is 0 Å². The molecule has 0 aliphatic heterocycles. The zero-order valence-corrected chi connectivity index (χ0v) is 10.8. The fourth-order valence-corrected chi connectivity index (χ4v) is 1.72. The molecule has 2 aromatic rings. The molecule has 0 bridgehead atoms. The summed E-state index contributed by atoms with van der Waals surface area (Å²) >= 11 is 0. The number of ether oxygens (including phenoxy) is 1. The molecule has 0 unspecified atom stereocenters. The van der Waals surface area contributed by atoms with Gasteiger partial charge in [-0.3, -0.25) is 0 Å². The van der Waals surface area contributed by atoms with Gasteiger partial charge in [-0.1, -0.05) is 6.07 Å². The standard InChI is InChI=1S/C14H9F6NO/c15-13(16,17)8-4-5-12(11(6-8)14(18,19)20)22-10-3-1-2-9(21)7-10/h1-7H,21H2. The summed E-state index contributed by atoms with van der Waals surface area (Å²) in [6.45, 7) is 0. The number of nitrogens with two attached hydrogens (primary N) is 1. The zero-order valence-electron chi connectivity index (χ0n) is 10.8. The molecule has 0 aliphatic rings. The first-order chi connectivity index (χ1) is 10.1. The number of halogens is 6. The number of benzene rings is 2. The molecule has 0 aromatic heterocycles. The Morgan fingerprint density at radius 3 is 2.05 bits per heavy atom.